The van der Waals surface area contributed by atoms with Crippen molar-refractivity contribution in [2.75, 3.05) is 36.5 Å². The predicted octanol–water partition coefficient (Wildman–Crippen LogP) is 5.58. The number of aromatic nitrogens is 3. The number of hydrogen-bond acceptors (Lipinski definition) is 9. The van der Waals surface area contributed by atoms with Crippen LogP contribution in [0.5, 0.6) is 11.5 Å². The number of carbonyl (C=O) groups is 1. The molecule has 42 heavy (non-hydrogen) atoms. The lowest BCUT2D eigenvalue weighted by Gasteiger charge is -2.26. The van der Waals surface area contributed by atoms with Crippen molar-refractivity contribution < 1.29 is 18.7 Å². The minimum atomic E-state index is -0.591. The molecular weight excluding hydrogens is 576 g/mol. The summed E-state index contributed by atoms with van der Waals surface area (Å²) < 4.78 is 27.2. The lowest BCUT2D eigenvalue weighted by Crippen LogP contribution is -2.37. The fraction of sp³-hybridized carbons (Fsp3) is 0.167. The van der Waals surface area contributed by atoms with E-state index in [9.17, 15) is 4.79 Å². The van der Waals surface area contributed by atoms with Crippen LogP contribution >= 0.6 is 23.6 Å². The molecular formula is C30H25FN6O3S2. The molecule has 12 heteroatoms. The zero-order chi connectivity index (χ0) is 28.9. The van der Waals surface area contributed by atoms with Crippen molar-refractivity contribution in [3.63, 3.8) is 0 Å². The Morgan fingerprint density at radius 1 is 1.02 bits per heavy atom. The molecule has 0 spiro atoms. The molecule has 2 N–H and O–H groups in total. The molecule has 1 saturated heterocycles. The number of benzene rings is 2. The molecule has 9 nitrogen and oxygen atoms in total. The van der Waals surface area contributed by atoms with Gasteiger partial charge in [0.15, 0.2) is 16.7 Å². The number of anilines is 2. The van der Waals surface area contributed by atoms with Gasteiger partial charge in [0, 0.05) is 59.9 Å². The summed E-state index contributed by atoms with van der Waals surface area (Å²) in [7, 11) is 0. The van der Waals surface area contributed by atoms with Crippen molar-refractivity contribution in [3.8, 4) is 21.9 Å². The van der Waals surface area contributed by atoms with E-state index in [1.165, 1.54) is 23.5 Å². The molecule has 0 bridgehead atoms. The third-order valence-corrected chi connectivity index (χ3v) is 7.85. The van der Waals surface area contributed by atoms with E-state index in [1.807, 2.05) is 36.4 Å². The second-order valence-electron chi connectivity index (χ2n) is 9.42. The molecule has 1 fully saturated rings. The van der Waals surface area contributed by atoms with Crippen molar-refractivity contribution in [2.24, 2.45) is 0 Å². The molecule has 6 rings (SSSR count). The molecule has 1 aliphatic heterocycles. The summed E-state index contributed by atoms with van der Waals surface area (Å²) in [4.78, 5) is 28.8. The Morgan fingerprint density at radius 2 is 1.81 bits per heavy atom. The fourth-order valence-electron chi connectivity index (χ4n) is 4.41. The molecule has 0 radical (unpaired) electrons. The van der Waals surface area contributed by atoms with Gasteiger partial charge in [-0.25, -0.2) is 14.4 Å². The van der Waals surface area contributed by atoms with E-state index in [4.69, 9.17) is 21.7 Å². The number of ether oxygens (including phenoxy) is 2. The Kier molecular flexibility index (Phi) is 8.26. The number of rotatable bonds is 7. The molecule has 212 valence electrons. The van der Waals surface area contributed by atoms with E-state index >= 15 is 4.39 Å². The van der Waals surface area contributed by atoms with Crippen LogP contribution in [0.2, 0.25) is 0 Å². The highest BCUT2D eigenvalue weighted by atomic mass is 32.1. The largest absolute Gasteiger partial charge is 0.453 e. The van der Waals surface area contributed by atoms with E-state index in [1.54, 1.807) is 30.7 Å². The van der Waals surface area contributed by atoms with E-state index in [2.05, 4.69) is 30.5 Å². The lowest BCUT2D eigenvalue weighted by molar-refractivity contribution is -0.119. The Labute approximate surface area is 250 Å². The number of carbonyl (C=O) groups excluding carboxylic acids is 1. The first-order valence-corrected chi connectivity index (χ1v) is 14.4. The number of hydrogen-bond donors (Lipinski definition) is 2. The monoisotopic (exact) mass is 600 g/mol. The van der Waals surface area contributed by atoms with E-state index in [0.29, 0.717) is 30.6 Å². The smallest absolute Gasteiger partial charge is 0.230 e. The van der Waals surface area contributed by atoms with Gasteiger partial charge in [0.2, 0.25) is 11.9 Å². The Balaban J connectivity index is 1.12. The number of thiocarbonyl (C=S) groups is 1. The number of morpholine rings is 1. The van der Waals surface area contributed by atoms with Gasteiger partial charge in [-0.2, -0.15) is 0 Å². The number of nitrogens with one attached hydrogen (secondary N) is 2. The number of amides is 1. The molecule has 1 amide bonds. The number of pyridine rings is 1. The van der Waals surface area contributed by atoms with Crippen molar-refractivity contribution in [2.45, 2.75) is 6.42 Å². The van der Waals surface area contributed by atoms with Crippen molar-refractivity contribution in [3.05, 3.63) is 90.6 Å². The highest BCUT2D eigenvalue weighted by Crippen LogP contribution is 2.39. The van der Waals surface area contributed by atoms with Gasteiger partial charge in [-0.1, -0.05) is 30.3 Å². The number of nitrogens with zero attached hydrogens (tertiary/aromatic N) is 4. The Bertz CT molecular complexity index is 1730. The maximum Gasteiger partial charge on any atom is 0.230 e. The van der Waals surface area contributed by atoms with Gasteiger partial charge in [0.25, 0.3) is 0 Å². The first-order chi connectivity index (χ1) is 20.5. The standard InChI is InChI=1S/C30H25FN6O3S2/c31-22-15-21(35-30(41)36-27(38)14-19-4-2-1-3-5-19)6-7-24(22)40-25-8-9-32-23-16-26(42-28(23)25)20-17-33-29(34-18-20)37-10-12-39-13-11-37/h1-9,15-18H,10-14H2,(H2,35,36,38,41). The third kappa shape index (κ3) is 6.51. The minimum absolute atomic E-state index is 0.0419. The number of thiophene rings is 1. The van der Waals surface area contributed by atoms with Crippen LogP contribution in [0, 0.1) is 5.82 Å². The van der Waals surface area contributed by atoms with E-state index < -0.39 is 5.82 Å². The summed E-state index contributed by atoms with van der Waals surface area (Å²) in [5.74, 6) is 0.336. The molecule has 5 aromatic rings. The minimum Gasteiger partial charge on any atom is -0.453 e. The first-order valence-electron chi connectivity index (χ1n) is 13.2. The average molecular weight is 601 g/mol. The van der Waals surface area contributed by atoms with E-state index in [0.717, 1.165) is 39.3 Å². The van der Waals surface area contributed by atoms with Crippen LogP contribution in [0.1, 0.15) is 5.56 Å². The van der Waals surface area contributed by atoms with Gasteiger partial charge in [0.1, 0.15) is 5.75 Å². The van der Waals surface area contributed by atoms with Crippen LogP contribution in [0.4, 0.5) is 16.0 Å². The molecule has 3 aromatic heterocycles. The quantitative estimate of drug-likeness (QED) is 0.232. The van der Waals surface area contributed by atoms with Crippen LogP contribution in [-0.2, 0) is 16.0 Å². The lowest BCUT2D eigenvalue weighted by atomic mass is 10.1. The SMILES string of the molecule is O=C(Cc1ccccc1)NC(=S)Nc1ccc(Oc2ccnc3cc(-c4cnc(N5CCOCC5)nc4)sc23)c(F)c1. The van der Waals surface area contributed by atoms with Gasteiger partial charge < -0.3 is 25.0 Å². The highest BCUT2D eigenvalue weighted by Gasteiger charge is 2.16. The maximum atomic E-state index is 15.1. The van der Waals surface area contributed by atoms with Gasteiger partial charge in [-0.3, -0.25) is 9.78 Å². The topological polar surface area (TPSA) is 102 Å². The van der Waals surface area contributed by atoms with Crippen LogP contribution in [-0.4, -0.2) is 52.3 Å². The van der Waals surface area contributed by atoms with Crippen LogP contribution < -0.4 is 20.3 Å². The highest BCUT2D eigenvalue weighted by molar-refractivity contribution is 7.80. The van der Waals surface area contributed by atoms with Crippen molar-refractivity contribution in [1.82, 2.24) is 20.3 Å². The van der Waals surface area contributed by atoms with Crippen molar-refractivity contribution >= 4 is 56.4 Å². The second-order valence-corrected chi connectivity index (χ2v) is 10.9. The molecule has 0 saturated carbocycles. The second kappa shape index (κ2) is 12.6. The average Bonchev–Trinajstić information content (AvgIpc) is 3.45. The molecule has 2 aromatic carbocycles. The van der Waals surface area contributed by atoms with Crippen LogP contribution in [0.15, 0.2) is 79.3 Å². The van der Waals surface area contributed by atoms with Gasteiger partial charge >= 0.3 is 0 Å². The maximum absolute atomic E-state index is 15.1. The normalized spacial score (nSPS) is 13.1. The van der Waals surface area contributed by atoms with Gasteiger partial charge in [-0.05, 0) is 36.0 Å². The number of halogens is 1. The first kappa shape index (κ1) is 27.6. The van der Waals surface area contributed by atoms with Gasteiger partial charge in [0.05, 0.1) is 29.9 Å². The summed E-state index contributed by atoms with van der Waals surface area (Å²) >= 11 is 6.69. The predicted molar refractivity (Wildman–Crippen MR) is 165 cm³/mol. The van der Waals surface area contributed by atoms with Gasteiger partial charge in [-0.15, -0.1) is 11.3 Å². The Hall–Kier alpha value is -4.52. The fourth-order valence-corrected chi connectivity index (χ4v) is 5.68. The number of fused-ring (bicyclic) bond motifs is 1. The molecule has 0 aliphatic carbocycles. The van der Waals surface area contributed by atoms with Crippen LogP contribution in [0.3, 0.4) is 0 Å². The molecule has 4 heterocycles. The molecule has 0 atom stereocenters. The van der Waals surface area contributed by atoms with Crippen molar-refractivity contribution in [1.29, 1.82) is 0 Å². The summed E-state index contributed by atoms with van der Waals surface area (Å²) in [5, 5.41) is 5.53. The molecule has 1 aliphatic rings. The zero-order valence-corrected chi connectivity index (χ0v) is 23.9. The van der Waals surface area contributed by atoms with Crippen LogP contribution in [0.25, 0.3) is 20.7 Å². The summed E-state index contributed by atoms with van der Waals surface area (Å²) in [6.07, 6.45) is 5.39. The third-order valence-electron chi connectivity index (χ3n) is 6.46. The Morgan fingerprint density at radius 3 is 2.57 bits per heavy atom. The summed E-state index contributed by atoms with van der Waals surface area (Å²) in [5.41, 5.74) is 2.82. The zero-order valence-electron chi connectivity index (χ0n) is 22.2. The summed E-state index contributed by atoms with van der Waals surface area (Å²) in [6.45, 7) is 2.85. The summed E-state index contributed by atoms with van der Waals surface area (Å²) in [6, 6.07) is 17.3. The molecule has 0 unspecified atom stereocenters. The van der Waals surface area contributed by atoms with E-state index in [-0.39, 0.29) is 23.2 Å².